The molecule has 1 N–H and O–H groups in total. The summed E-state index contributed by atoms with van der Waals surface area (Å²) in [5.74, 6) is 0.461. The number of anilines is 1. The zero-order valence-electron chi connectivity index (χ0n) is 16.1. The summed E-state index contributed by atoms with van der Waals surface area (Å²) in [5.41, 5.74) is 0.472. The normalized spacial score (nSPS) is 12.3. The van der Waals surface area contributed by atoms with Crippen LogP contribution in [-0.2, 0) is 11.3 Å². The monoisotopic (exact) mass is 397 g/mol. The molecule has 146 valence electrons. The number of amides is 1. The minimum Gasteiger partial charge on any atom is -0.310 e. The maximum Gasteiger partial charge on any atom is 0.262 e. The lowest BCUT2D eigenvalue weighted by Crippen LogP contribution is -2.27. The van der Waals surface area contributed by atoms with E-state index in [2.05, 4.69) is 22.0 Å². The summed E-state index contributed by atoms with van der Waals surface area (Å²) in [5, 5.41) is 7.70. The molecule has 0 saturated heterocycles. The number of hydrogen-bond acceptors (Lipinski definition) is 5. The molecule has 0 aliphatic heterocycles. The van der Waals surface area contributed by atoms with E-state index in [4.69, 9.17) is 0 Å². The van der Waals surface area contributed by atoms with Gasteiger partial charge in [0.2, 0.25) is 5.91 Å². The molecule has 0 saturated carbocycles. The van der Waals surface area contributed by atoms with Crippen LogP contribution in [0.25, 0.3) is 10.9 Å². The summed E-state index contributed by atoms with van der Waals surface area (Å²) in [6, 6.07) is 9.09. The Morgan fingerprint density at radius 3 is 2.75 bits per heavy atom. The number of nitrogens with zero attached hydrogens (tertiary/aromatic N) is 4. The highest BCUT2D eigenvalue weighted by Gasteiger charge is 2.20. The summed E-state index contributed by atoms with van der Waals surface area (Å²) in [6.45, 7) is 9.82. The Bertz CT molecular complexity index is 1070. The molecule has 1 atom stereocenters. The molecule has 0 fully saturated rings. The van der Waals surface area contributed by atoms with Crippen molar-refractivity contribution in [2.75, 3.05) is 5.32 Å². The number of hydrogen-bond donors (Lipinski definition) is 1. The van der Waals surface area contributed by atoms with Crippen LogP contribution in [0.1, 0.15) is 26.8 Å². The van der Waals surface area contributed by atoms with Crippen LogP contribution >= 0.6 is 11.8 Å². The number of nitrogens with one attached hydrogen (secondary N) is 1. The van der Waals surface area contributed by atoms with Crippen LogP contribution in [0, 0.1) is 0 Å². The molecule has 8 heteroatoms. The van der Waals surface area contributed by atoms with Gasteiger partial charge in [-0.15, -0.1) is 6.58 Å². The second kappa shape index (κ2) is 8.43. The molecule has 2 heterocycles. The first-order valence-electron chi connectivity index (χ1n) is 9.04. The van der Waals surface area contributed by atoms with Gasteiger partial charge in [0.25, 0.3) is 5.56 Å². The predicted octanol–water partition coefficient (Wildman–Crippen LogP) is 3.48. The number of benzene rings is 1. The first-order valence-corrected chi connectivity index (χ1v) is 9.91. The minimum atomic E-state index is -0.459. The Balaban J connectivity index is 1.87. The lowest BCUT2D eigenvalue weighted by molar-refractivity contribution is -0.115. The zero-order chi connectivity index (χ0) is 20.3. The van der Waals surface area contributed by atoms with E-state index in [1.807, 2.05) is 26.0 Å². The van der Waals surface area contributed by atoms with E-state index in [-0.39, 0.29) is 17.5 Å². The Morgan fingerprint density at radius 2 is 2.04 bits per heavy atom. The number of rotatable bonds is 7. The lowest BCUT2D eigenvalue weighted by atomic mass is 10.2. The minimum absolute atomic E-state index is 0.133. The van der Waals surface area contributed by atoms with Crippen LogP contribution in [0.15, 0.2) is 59.1 Å². The molecule has 1 amide bonds. The third-order valence-electron chi connectivity index (χ3n) is 4.20. The van der Waals surface area contributed by atoms with Gasteiger partial charge in [-0.3, -0.25) is 14.2 Å². The van der Waals surface area contributed by atoms with E-state index in [1.54, 1.807) is 46.6 Å². The van der Waals surface area contributed by atoms with Crippen LogP contribution in [0.5, 0.6) is 0 Å². The lowest BCUT2D eigenvalue weighted by Gasteiger charge is -2.16. The number of carbonyl (C=O) groups is 1. The molecule has 0 unspecified atom stereocenters. The molecule has 0 bridgehead atoms. The Labute approximate surface area is 167 Å². The highest BCUT2D eigenvalue weighted by Crippen LogP contribution is 2.24. The van der Waals surface area contributed by atoms with Crippen LogP contribution in [-0.4, -0.2) is 30.5 Å². The molecule has 3 rings (SSSR count). The number of thioether (sulfide) groups is 1. The van der Waals surface area contributed by atoms with Crippen LogP contribution < -0.4 is 10.9 Å². The molecular formula is C20H23N5O2S. The van der Waals surface area contributed by atoms with Crippen molar-refractivity contribution in [3.8, 4) is 0 Å². The Kier molecular flexibility index (Phi) is 5.99. The van der Waals surface area contributed by atoms with Crippen molar-refractivity contribution in [1.29, 1.82) is 0 Å². The maximum atomic E-state index is 12.8. The van der Waals surface area contributed by atoms with E-state index in [0.717, 1.165) is 0 Å². The topological polar surface area (TPSA) is 81.8 Å². The van der Waals surface area contributed by atoms with Gasteiger partial charge in [0.15, 0.2) is 5.16 Å². The highest BCUT2D eigenvalue weighted by molar-refractivity contribution is 8.00. The molecule has 1 aromatic carbocycles. The second-order valence-electron chi connectivity index (χ2n) is 6.62. The summed E-state index contributed by atoms with van der Waals surface area (Å²) in [6.07, 6.45) is 3.30. The van der Waals surface area contributed by atoms with E-state index in [0.29, 0.717) is 28.4 Å². The van der Waals surface area contributed by atoms with Gasteiger partial charge in [-0.1, -0.05) is 30.0 Å². The van der Waals surface area contributed by atoms with Gasteiger partial charge in [0.05, 0.1) is 22.3 Å². The molecular weight excluding hydrogens is 374 g/mol. The first-order chi connectivity index (χ1) is 13.4. The molecule has 0 aliphatic rings. The number of carbonyl (C=O) groups excluding carboxylic acids is 1. The Morgan fingerprint density at radius 1 is 1.29 bits per heavy atom. The molecule has 2 aromatic heterocycles. The van der Waals surface area contributed by atoms with Crippen LogP contribution in [0.4, 0.5) is 5.82 Å². The van der Waals surface area contributed by atoms with Gasteiger partial charge in [-0.25, -0.2) is 9.67 Å². The van der Waals surface area contributed by atoms with Crippen molar-refractivity contribution in [3.05, 3.63) is 59.5 Å². The van der Waals surface area contributed by atoms with Crippen molar-refractivity contribution in [1.82, 2.24) is 19.3 Å². The van der Waals surface area contributed by atoms with Gasteiger partial charge in [0, 0.05) is 18.7 Å². The van der Waals surface area contributed by atoms with Gasteiger partial charge in [-0.05, 0) is 32.9 Å². The standard InChI is InChI=1S/C20H23N5O2S/c1-5-12-24-19(27)15-8-6-7-9-16(15)22-20(24)28-14(4)18(26)23-17-10-11-21-25(17)13(2)3/h5-11,13-14H,1,12H2,2-4H3,(H,23,26)/t14-/m0/s1. The number of para-hydroxylation sites is 1. The summed E-state index contributed by atoms with van der Waals surface area (Å²) >= 11 is 1.25. The van der Waals surface area contributed by atoms with Crippen LogP contribution in [0.3, 0.4) is 0 Å². The molecule has 0 spiro atoms. The number of allylic oxidation sites excluding steroid dienone is 1. The second-order valence-corrected chi connectivity index (χ2v) is 7.93. The van der Waals surface area contributed by atoms with Gasteiger partial charge < -0.3 is 5.32 Å². The number of fused-ring (bicyclic) bond motifs is 1. The molecule has 0 aliphatic carbocycles. The van der Waals surface area contributed by atoms with Crippen LogP contribution in [0.2, 0.25) is 0 Å². The predicted molar refractivity (Wildman–Crippen MR) is 113 cm³/mol. The fourth-order valence-electron chi connectivity index (χ4n) is 2.79. The SMILES string of the molecule is C=CCn1c(S[C@@H](C)C(=O)Nc2ccnn2C(C)C)nc2ccccc2c1=O. The van der Waals surface area contributed by atoms with Crippen molar-refractivity contribution >= 4 is 34.4 Å². The van der Waals surface area contributed by atoms with Crippen molar-refractivity contribution in [2.45, 2.75) is 43.8 Å². The van der Waals surface area contributed by atoms with Crippen molar-refractivity contribution < 1.29 is 4.79 Å². The molecule has 7 nitrogen and oxygen atoms in total. The average Bonchev–Trinajstić information content (AvgIpc) is 3.13. The average molecular weight is 398 g/mol. The van der Waals surface area contributed by atoms with Gasteiger partial charge in [0.1, 0.15) is 5.82 Å². The summed E-state index contributed by atoms with van der Waals surface area (Å²) < 4.78 is 3.29. The third kappa shape index (κ3) is 4.01. The summed E-state index contributed by atoms with van der Waals surface area (Å²) in [4.78, 5) is 30.1. The smallest absolute Gasteiger partial charge is 0.262 e. The fourth-order valence-corrected chi connectivity index (χ4v) is 3.71. The largest absolute Gasteiger partial charge is 0.310 e. The van der Waals surface area contributed by atoms with E-state index >= 15 is 0 Å². The molecule has 28 heavy (non-hydrogen) atoms. The number of aromatic nitrogens is 4. The summed E-state index contributed by atoms with van der Waals surface area (Å²) in [7, 11) is 0. The third-order valence-corrected chi connectivity index (χ3v) is 5.29. The van der Waals surface area contributed by atoms with E-state index in [9.17, 15) is 9.59 Å². The van der Waals surface area contributed by atoms with Gasteiger partial charge in [-0.2, -0.15) is 5.10 Å². The Hall–Kier alpha value is -2.87. The van der Waals surface area contributed by atoms with Crippen molar-refractivity contribution in [2.24, 2.45) is 0 Å². The highest BCUT2D eigenvalue weighted by atomic mass is 32.2. The maximum absolute atomic E-state index is 12.8. The molecule has 3 aromatic rings. The van der Waals surface area contributed by atoms with Crippen molar-refractivity contribution in [3.63, 3.8) is 0 Å². The first kappa shape index (κ1) is 19.9. The van der Waals surface area contributed by atoms with Gasteiger partial charge >= 0.3 is 0 Å². The quantitative estimate of drug-likeness (QED) is 0.375. The molecule has 0 radical (unpaired) electrons. The van der Waals surface area contributed by atoms with E-state index in [1.165, 1.54) is 11.8 Å². The fraction of sp³-hybridized carbons (Fsp3) is 0.300. The van der Waals surface area contributed by atoms with E-state index < -0.39 is 5.25 Å². The zero-order valence-corrected chi connectivity index (χ0v) is 16.9.